The molecule has 2 aromatic carbocycles. The first kappa shape index (κ1) is 27.3. The molecule has 4 nitrogen and oxygen atoms in total. The molecule has 0 radical (unpaired) electrons. The van der Waals surface area contributed by atoms with Crippen molar-refractivity contribution < 1.29 is 25.8 Å². The van der Waals surface area contributed by atoms with E-state index >= 15 is 0 Å². The molecule has 0 heterocycles. The van der Waals surface area contributed by atoms with Gasteiger partial charge in [-0.1, -0.05) is 36.4 Å². The molecular formula is C20H18N2NiO2. The standard InChI is InChI=1S/2C9H9N.2CO.Ni/c2*1-7-5-4-6-8(2)9(7)10-3;2*1-2;/h2*4-6H,1-2H3;;;. The smallest absolute Gasteiger partial charge is 0 e. The largest absolute Gasteiger partial charge is 0 e. The minimum Gasteiger partial charge on any atom is 0 e. The maximum atomic E-state index is 7.50. The van der Waals surface area contributed by atoms with Crippen molar-refractivity contribution in [2.45, 2.75) is 27.7 Å². The second-order valence-electron chi connectivity index (χ2n) is 4.70. The first-order chi connectivity index (χ1) is 11.5. The summed E-state index contributed by atoms with van der Waals surface area (Å²) in [6.45, 7) is 30.5. The fourth-order valence-electron chi connectivity index (χ4n) is 1.96. The van der Waals surface area contributed by atoms with E-state index in [4.69, 9.17) is 22.4 Å². The Morgan fingerprint density at radius 1 is 0.600 bits per heavy atom. The molecule has 0 amide bonds. The topological polar surface area (TPSA) is 48.5 Å². The third kappa shape index (κ3) is 9.31. The van der Waals surface area contributed by atoms with E-state index < -0.39 is 0 Å². The van der Waals surface area contributed by atoms with E-state index in [1.807, 2.05) is 64.1 Å². The number of hydrogen-bond donors (Lipinski definition) is 0. The Morgan fingerprint density at radius 3 is 0.920 bits per heavy atom. The summed E-state index contributed by atoms with van der Waals surface area (Å²) >= 11 is 0. The first-order valence-electron chi connectivity index (χ1n) is 6.79. The number of rotatable bonds is 0. The van der Waals surface area contributed by atoms with Gasteiger partial charge < -0.3 is 0 Å². The summed E-state index contributed by atoms with van der Waals surface area (Å²) in [7, 11) is 0. The van der Waals surface area contributed by atoms with Crippen molar-refractivity contribution in [3.05, 3.63) is 94.8 Å². The second-order valence-corrected chi connectivity index (χ2v) is 4.70. The fraction of sp³-hybridized carbons (Fsp3) is 0.200. The van der Waals surface area contributed by atoms with Crippen LogP contribution in [0.1, 0.15) is 22.3 Å². The van der Waals surface area contributed by atoms with Crippen LogP contribution in [0.15, 0.2) is 36.4 Å². The summed E-state index contributed by atoms with van der Waals surface area (Å²) in [5, 5.41) is 0. The molecule has 0 unspecified atom stereocenters. The zero-order valence-electron chi connectivity index (χ0n) is 14.5. The normalized spacial score (nSPS) is 7.28. The van der Waals surface area contributed by atoms with Gasteiger partial charge >= 0.3 is 22.6 Å². The Balaban J connectivity index is -0.000000312. The van der Waals surface area contributed by atoms with Gasteiger partial charge in [-0.2, -0.15) is 0 Å². The van der Waals surface area contributed by atoms with Gasteiger partial charge in [0.2, 0.25) is 0 Å². The van der Waals surface area contributed by atoms with Gasteiger partial charge in [0, 0.05) is 16.5 Å². The fourth-order valence-corrected chi connectivity index (χ4v) is 1.96. The van der Waals surface area contributed by atoms with Crippen molar-refractivity contribution in [3.8, 4) is 0 Å². The maximum absolute atomic E-state index is 7.50. The minimum absolute atomic E-state index is 0. The van der Waals surface area contributed by atoms with E-state index in [-0.39, 0.29) is 16.5 Å². The third-order valence-corrected chi connectivity index (χ3v) is 3.10. The molecule has 0 aliphatic heterocycles. The summed E-state index contributed by atoms with van der Waals surface area (Å²) in [4.78, 5) is 6.84. The molecule has 130 valence electrons. The summed E-state index contributed by atoms with van der Waals surface area (Å²) < 4.78 is 15.0. The van der Waals surface area contributed by atoms with E-state index in [1.165, 1.54) is 0 Å². The van der Waals surface area contributed by atoms with Crippen LogP contribution in [0.25, 0.3) is 9.69 Å². The van der Waals surface area contributed by atoms with Crippen molar-refractivity contribution in [1.82, 2.24) is 0 Å². The van der Waals surface area contributed by atoms with Crippen molar-refractivity contribution in [2.75, 3.05) is 0 Å². The molecule has 0 bridgehead atoms. The van der Waals surface area contributed by atoms with Gasteiger partial charge in [0.05, 0.1) is 13.1 Å². The molecule has 0 fully saturated rings. The summed E-state index contributed by atoms with van der Waals surface area (Å²) in [5.41, 5.74) is 5.85. The maximum Gasteiger partial charge on any atom is 0 e. The molecule has 2 rings (SSSR count). The molecule has 25 heavy (non-hydrogen) atoms. The van der Waals surface area contributed by atoms with Gasteiger partial charge in [-0.05, 0) is 49.9 Å². The monoisotopic (exact) mass is 376 g/mol. The number of aryl methyl sites for hydroxylation is 4. The van der Waals surface area contributed by atoms with Crippen molar-refractivity contribution in [2.24, 2.45) is 0 Å². The van der Waals surface area contributed by atoms with Gasteiger partial charge in [0.1, 0.15) is 0 Å². The van der Waals surface area contributed by atoms with Crippen LogP contribution in [0.5, 0.6) is 0 Å². The van der Waals surface area contributed by atoms with E-state index in [1.54, 1.807) is 0 Å². The van der Waals surface area contributed by atoms with Crippen molar-refractivity contribution in [1.29, 1.82) is 0 Å². The average molecular weight is 377 g/mol. The van der Waals surface area contributed by atoms with Gasteiger partial charge in [0.25, 0.3) is 0 Å². The van der Waals surface area contributed by atoms with E-state index in [2.05, 4.69) is 23.0 Å². The van der Waals surface area contributed by atoms with Crippen molar-refractivity contribution in [3.63, 3.8) is 0 Å². The predicted molar refractivity (Wildman–Crippen MR) is 92.2 cm³/mol. The van der Waals surface area contributed by atoms with Gasteiger partial charge in [-0.15, -0.1) is 0 Å². The summed E-state index contributed by atoms with van der Waals surface area (Å²) in [6.07, 6.45) is 0. The number of nitrogens with zero attached hydrogens (tertiary/aromatic N) is 2. The number of para-hydroxylation sites is 2. The van der Waals surface area contributed by atoms with Crippen LogP contribution >= 0.6 is 0 Å². The Hall–Kier alpha value is -2.61. The average Bonchev–Trinajstić information content (AvgIpc) is 2.59. The second kappa shape index (κ2) is 16.3. The molecule has 0 saturated carbocycles. The molecule has 2 aromatic rings. The zero-order valence-corrected chi connectivity index (χ0v) is 15.5. The third-order valence-electron chi connectivity index (χ3n) is 3.10. The summed E-state index contributed by atoms with van der Waals surface area (Å²) in [5.74, 6) is 0. The van der Waals surface area contributed by atoms with E-state index in [0.717, 1.165) is 33.6 Å². The Labute approximate surface area is 159 Å². The predicted octanol–water partition coefficient (Wildman–Crippen LogP) is 5.63. The van der Waals surface area contributed by atoms with E-state index in [9.17, 15) is 0 Å². The quantitative estimate of drug-likeness (QED) is 0.325. The molecule has 0 aromatic heterocycles. The molecule has 0 aliphatic carbocycles. The van der Waals surface area contributed by atoms with Gasteiger partial charge in [0.15, 0.2) is 11.4 Å². The first-order valence-corrected chi connectivity index (χ1v) is 6.79. The number of hydrogen-bond acceptors (Lipinski definition) is 0. The summed E-state index contributed by atoms with van der Waals surface area (Å²) in [6, 6.07) is 11.8. The number of benzene rings is 2. The zero-order chi connectivity index (χ0) is 19.1. The van der Waals surface area contributed by atoms with Crippen LogP contribution in [0.2, 0.25) is 0 Å². The molecule has 0 aliphatic rings. The van der Waals surface area contributed by atoms with Crippen LogP contribution in [-0.4, -0.2) is 0 Å². The van der Waals surface area contributed by atoms with Gasteiger partial charge in [-0.3, -0.25) is 0 Å². The Morgan fingerprint density at radius 2 is 0.800 bits per heavy atom. The van der Waals surface area contributed by atoms with Crippen LogP contribution in [0.3, 0.4) is 0 Å². The molecule has 0 N–H and O–H groups in total. The molecular weight excluding hydrogens is 359 g/mol. The van der Waals surface area contributed by atoms with Gasteiger partial charge in [-0.25, -0.2) is 9.69 Å². The minimum atomic E-state index is 0. The Bertz CT molecular complexity index is 674. The molecule has 5 heteroatoms. The molecule has 0 atom stereocenters. The van der Waals surface area contributed by atoms with Crippen LogP contribution in [0, 0.1) is 54.1 Å². The molecule has 0 spiro atoms. The molecule has 0 saturated heterocycles. The van der Waals surface area contributed by atoms with Crippen LogP contribution in [-0.2, 0) is 25.8 Å². The Kier molecular flexibility index (Phi) is 17.7. The van der Waals surface area contributed by atoms with Crippen LogP contribution in [0.4, 0.5) is 11.4 Å². The van der Waals surface area contributed by atoms with Crippen molar-refractivity contribution >= 4 is 11.4 Å². The van der Waals surface area contributed by atoms with E-state index in [0.29, 0.717) is 0 Å². The van der Waals surface area contributed by atoms with Crippen LogP contribution < -0.4 is 0 Å². The SMILES string of the molecule is [C-]#[N+]c1c(C)cccc1C.[C-]#[N+]c1c(C)cccc1C.[C-]#[O+].[C-]#[O+].[Ni].